The van der Waals surface area contributed by atoms with Crippen LogP contribution in [-0.2, 0) is 30.3 Å². The molecule has 1 aliphatic rings. The predicted molar refractivity (Wildman–Crippen MR) is 135 cm³/mol. The van der Waals surface area contributed by atoms with E-state index in [0.29, 0.717) is 30.3 Å². The monoisotopic (exact) mass is 563 g/mol. The van der Waals surface area contributed by atoms with Crippen LogP contribution in [0.15, 0.2) is 59.6 Å². The summed E-state index contributed by atoms with van der Waals surface area (Å²) in [5.41, 5.74) is 1.48. The van der Waals surface area contributed by atoms with Gasteiger partial charge in [0.15, 0.2) is 6.79 Å². The maximum absolute atomic E-state index is 13.2. The molecule has 1 aliphatic heterocycles. The zero-order valence-electron chi connectivity index (χ0n) is 20.3. The molecular formula is C26H30BrNO8. The Labute approximate surface area is 219 Å². The summed E-state index contributed by atoms with van der Waals surface area (Å²) in [6.07, 6.45) is -0.212. The van der Waals surface area contributed by atoms with Crippen LogP contribution in [0.3, 0.4) is 0 Å². The van der Waals surface area contributed by atoms with Crippen molar-refractivity contribution in [2.45, 2.75) is 25.6 Å². The fourth-order valence-corrected chi connectivity index (χ4v) is 3.90. The number of halogens is 1. The van der Waals surface area contributed by atoms with Gasteiger partial charge < -0.3 is 28.4 Å². The van der Waals surface area contributed by atoms with Crippen LogP contribution in [0.1, 0.15) is 24.1 Å². The lowest BCUT2D eigenvalue weighted by atomic mass is 10.0. The Morgan fingerprint density at radius 1 is 1.14 bits per heavy atom. The number of methoxy groups -OCH3 is 1. The van der Waals surface area contributed by atoms with Crippen LogP contribution in [0.5, 0.6) is 11.5 Å². The van der Waals surface area contributed by atoms with Crippen LogP contribution in [-0.4, -0.2) is 63.4 Å². The predicted octanol–water partition coefficient (Wildman–Crippen LogP) is 4.64. The number of nitrogens with zero attached hydrogens (tertiary/aromatic N) is 1. The Morgan fingerprint density at radius 3 is 2.61 bits per heavy atom. The number of carbonyl (C=O) groups is 2. The van der Waals surface area contributed by atoms with Crippen LogP contribution in [0.25, 0.3) is 0 Å². The molecule has 2 aromatic carbocycles. The number of esters is 1. The second-order valence-electron chi connectivity index (χ2n) is 7.72. The van der Waals surface area contributed by atoms with Gasteiger partial charge in [-0.05, 0) is 36.8 Å². The highest BCUT2D eigenvalue weighted by atomic mass is 79.9. The Bertz CT molecular complexity index is 1030. The van der Waals surface area contributed by atoms with E-state index in [1.54, 1.807) is 32.2 Å². The van der Waals surface area contributed by atoms with E-state index >= 15 is 0 Å². The van der Waals surface area contributed by atoms with Gasteiger partial charge in [-0.15, -0.1) is 0 Å². The van der Waals surface area contributed by atoms with Gasteiger partial charge in [-0.1, -0.05) is 40.7 Å². The lowest BCUT2D eigenvalue weighted by Gasteiger charge is -2.30. The molecule has 36 heavy (non-hydrogen) atoms. The summed E-state index contributed by atoms with van der Waals surface area (Å²) in [4.78, 5) is 27.6. The van der Waals surface area contributed by atoms with Gasteiger partial charge in [-0.2, -0.15) is 0 Å². The minimum Gasteiger partial charge on any atom is -0.476 e. The minimum atomic E-state index is -1.08. The van der Waals surface area contributed by atoms with E-state index < -0.39 is 24.2 Å². The van der Waals surface area contributed by atoms with Crippen LogP contribution >= 0.6 is 15.9 Å². The van der Waals surface area contributed by atoms with Crippen molar-refractivity contribution < 1.29 is 38.0 Å². The molecule has 9 nitrogen and oxygen atoms in total. The second-order valence-corrected chi connectivity index (χ2v) is 8.63. The van der Waals surface area contributed by atoms with Crippen LogP contribution in [0.4, 0.5) is 4.79 Å². The fraction of sp³-hybridized carbons (Fsp3) is 0.385. The molecule has 3 rings (SSSR count). The highest BCUT2D eigenvalue weighted by molar-refractivity contribution is 9.10. The van der Waals surface area contributed by atoms with E-state index in [0.717, 1.165) is 10.0 Å². The Morgan fingerprint density at radius 2 is 1.92 bits per heavy atom. The first-order valence-corrected chi connectivity index (χ1v) is 12.2. The maximum Gasteiger partial charge on any atom is 0.411 e. The molecule has 2 aromatic rings. The lowest BCUT2D eigenvalue weighted by Crippen LogP contribution is -2.43. The zero-order chi connectivity index (χ0) is 25.9. The van der Waals surface area contributed by atoms with Crippen molar-refractivity contribution in [3.05, 3.63) is 70.7 Å². The first kappa shape index (κ1) is 27.5. The van der Waals surface area contributed by atoms with E-state index in [-0.39, 0.29) is 26.6 Å². The molecule has 0 spiro atoms. The van der Waals surface area contributed by atoms with Gasteiger partial charge in [-0.3, -0.25) is 4.90 Å². The fourth-order valence-electron chi connectivity index (χ4n) is 3.63. The standard InChI is InChI=1S/C26H30BrNO8/c1-4-12-34-26(30)28(16-18-6-8-19(27)9-7-18)23-21-11-10-20(35-17-32-14-13-31-3)15-22(21)36-24(23)25(29)33-5-2/h4,6-11,15,23-24H,1,5,12-14,16-17H2,2-3H3/t23-,24-/m0/s1. The van der Waals surface area contributed by atoms with Gasteiger partial charge in [0.05, 0.1) is 19.8 Å². The largest absolute Gasteiger partial charge is 0.476 e. The molecule has 0 saturated carbocycles. The zero-order valence-corrected chi connectivity index (χ0v) is 21.9. The van der Waals surface area contributed by atoms with Crippen molar-refractivity contribution >= 4 is 28.0 Å². The number of benzene rings is 2. The number of rotatable bonds is 13. The van der Waals surface area contributed by atoms with Gasteiger partial charge >= 0.3 is 12.1 Å². The molecular weight excluding hydrogens is 534 g/mol. The molecule has 0 bridgehead atoms. The average molecular weight is 564 g/mol. The molecule has 0 fully saturated rings. The molecule has 0 N–H and O–H groups in total. The van der Waals surface area contributed by atoms with E-state index in [9.17, 15) is 9.59 Å². The summed E-state index contributed by atoms with van der Waals surface area (Å²) in [7, 11) is 1.59. The van der Waals surface area contributed by atoms with Crippen molar-refractivity contribution in [3.63, 3.8) is 0 Å². The van der Waals surface area contributed by atoms with Gasteiger partial charge in [0, 0.05) is 29.8 Å². The maximum atomic E-state index is 13.2. The number of hydrogen-bond acceptors (Lipinski definition) is 8. The topological polar surface area (TPSA) is 92.8 Å². The highest BCUT2D eigenvalue weighted by Gasteiger charge is 2.46. The van der Waals surface area contributed by atoms with E-state index in [4.69, 9.17) is 28.4 Å². The van der Waals surface area contributed by atoms with E-state index in [2.05, 4.69) is 22.5 Å². The summed E-state index contributed by atoms with van der Waals surface area (Å²) >= 11 is 3.42. The molecule has 0 aliphatic carbocycles. The quantitative estimate of drug-likeness (QED) is 0.151. The van der Waals surface area contributed by atoms with Crippen LogP contribution in [0.2, 0.25) is 0 Å². The third kappa shape index (κ3) is 7.22. The smallest absolute Gasteiger partial charge is 0.411 e. The normalized spacial score (nSPS) is 16.0. The Hall–Kier alpha value is -3.08. The van der Waals surface area contributed by atoms with Gasteiger partial charge in [0.25, 0.3) is 0 Å². The molecule has 194 valence electrons. The number of carbonyl (C=O) groups excluding carboxylic acids is 2. The summed E-state index contributed by atoms with van der Waals surface area (Å²) in [6, 6.07) is 11.9. The molecule has 0 aromatic heterocycles. The molecule has 1 heterocycles. The van der Waals surface area contributed by atoms with Crippen molar-refractivity contribution in [2.75, 3.05) is 40.3 Å². The van der Waals surface area contributed by atoms with E-state index in [1.807, 2.05) is 24.3 Å². The first-order chi connectivity index (χ1) is 17.5. The lowest BCUT2D eigenvalue weighted by molar-refractivity contribution is -0.153. The van der Waals surface area contributed by atoms with Crippen LogP contribution in [0, 0.1) is 0 Å². The molecule has 0 radical (unpaired) electrons. The third-order valence-corrected chi connectivity index (χ3v) is 5.79. The Balaban J connectivity index is 1.91. The highest BCUT2D eigenvalue weighted by Crippen LogP contribution is 2.43. The van der Waals surface area contributed by atoms with Crippen LogP contribution < -0.4 is 9.47 Å². The summed E-state index contributed by atoms with van der Waals surface area (Å²) in [5, 5.41) is 0. The van der Waals surface area contributed by atoms with Crippen molar-refractivity contribution in [3.8, 4) is 11.5 Å². The SMILES string of the molecule is C=CCOC(=O)N(Cc1ccc(Br)cc1)[C@H]1c2ccc(OCOCCOC)cc2O[C@@H]1C(=O)OCC. The summed E-state index contributed by atoms with van der Waals surface area (Å²) in [6.45, 7) is 6.56. The summed E-state index contributed by atoms with van der Waals surface area (Å²) in [5.74, 6) is 0.314. The summed E-state index contributed by atoms with van der Waals surface area (Å²) < 4.78 is 33.5. The number of ether oxygens (including phenoxy) is 6. The number of amides is 1. The van der Waals surface area contributed by atoms with Crippen molar-refractivity contribution in [2.24, 2.45) is 0 Å². The van der Waals surface area contributed by atoms with Crippen molar-refractivity contribution in [1.82, 2.24) is 4.90 Å². The number of hydrogen-bond donors (Lipinski definition) is 0. The average Bonchev–Trinajstić information content (AvgIpc) is 3.25. The molecule has 10 heteroatoms. The molecule has 1 amide bonds. The Kier molecular flexibility index (Phi) is 10.6. The minimum absolute atomic E-state index is 0.0238. The molecule has 0 saturated heterocycles. The number of fused-ring (bicyclic) bond motifs is 1. The van der Waals surface area contributed by atoms with Gasteiger partial charge in [0.2, 0.25) is 6.10 Å². The van der Waals surface area contributed by atoms with Gasteiger partial charge in [-0.25, -0.2) is 9.59 Å². The van der Waals surface area contributed by atoms with Gasteiger partial charge in [0.1, 0.15) is 24.1 Å². The van der Waals surface area contributed by atoms with Crippen molar-refractivity contribution in [1.29, 1.82) is 0 Å². The molecule has 0 unspecified atom stereocenters. The third-order valence-electron chi connectivity index (χ3n) is 5.27. The molecule has 2 atom stereocenters. The first-order valence-electron chi connectivity index (χ1n) is 11.4. The second kappa shape index (κ2) is 13.9. The van der Waals surface area contributed by atoms with E-state index in [1.165, 1.54) is 11.0 Å².